The molecule has 0 aliphatic carbocycles. The molecule has 4 heterocycles. The van der Waals surface area contributed by atoms with Gasteiger partial charge in [0.05, 0.1) is 2.74 Å². The average molecular weight is 1190 g/mol. The minimum Gasteiger partial charge on any atom is -0.509 e. The number of para-hydroxylation sites is 1. The van der Waals surface area contributed by atoms with E-state index in [0.29, 0.717) is 33.6 Å². The van der Waals surface area contributed by atoms with Crippen LogP contribution in [-0.4, -0.2) is 14.1 Å². The largest absolute Gasteiger partial charge is 2.00 e. The fourth-order valence-electron chi connectivity index (χ4n) is 10.4. The van der Waals surface area contributed by atoms with E-state index >= 15 is 0 Å². The van der Waals surface area contributed by atoms with Crippen molar-refractivity contribution in [3.63, 3.8) is 0 Å². The summed E-state index contributed by atoms with van der Waals surface area (Å²) in [6.45, 7) is -13.2. The Morgan fingerprint density at radius 1 is 0.526 bits per heavy atom. The van der Waals surface area contributed by atoms with Gasteiger partial charge in [-0.05, 0) is 108 Å². The van der Waals surface area contributed by atoms with Crippen LogP contribution in [0.4, 0.5) is 0 Å². The van der Waals surface area contributed by atoms with Crippen LogP contribution in [-0.2, 0) is 42.7 Å². The Morgan fingerprint density at radius 2 is 1.18 bits per heavy atom. The van der Waals surface area contributed by atoms with Gasteiger partial charge in [-0.1, -0.05) is 197 Å². The van der Waals surface area contributed by atoms with Gasteiger partial charge in [0.15, 0.2) is 11.0 Å². The fraction of sp³-hybridized carbons (Fsp3) is 0.229. The topological polar surface area (TPSA) is 35.9 Å². The molecule has 0 radical (unpaired) electrons. The zero-order valence-electron chi connectivity index (χ0n) is 62.6. The van der Waals surface area contributed by atoms with Crippen LogP contribution in [0.1, 0.15) is 132 Å². The summed E-state index contributed by atoms with van der Waals surface area (Å²) in [6.07, 6.45) is 3.16. The van der Waals surface area contributed by atoms with Gasteiger partial charge in [0, 0.05) is 70.3 Å². The molecule has 76 heavy (non-hydrogen) atoms. The fourth-order valence-corrected chi connectivity index (χ4v) is 10.4. The third kappa shape index (κ3) is 8.81. The third-order valence-corrected chi connectivity index (χ3v) is 14.2. The number of ether oxygens (including phenoxy) is 1. The number of pyridine rings is 1. The molecular formula is C70H65N4OPt+. The molecule has 0 fully saturated rings. The summed E-state index contributed by atoms with van der Waals surface area (Å²) in [5, 5.41) is 1.79. The molecule has 1 aliphatic rings. The van der Waals surface area contributed by atoms with E-state index in [4.69, 9.17) is 22.1 Å². The minimum atomic E-state index is -4.30. The van der Waals surface area contributed by atoms with Gasteiger partial charge in [-0.25, -0.2) is 9.55 Å². The SMILES string of the molecule is [2H]c1c2c(c(C(C([2H])([2H])[2H])(C([2H])([2H])[2H])C([2H])([2H])[2H])c([2H])c1C(C([2H])([2H])[2H])(C([2H])([2H])[2H])C([2H])([2H])[2H])-[n+]1cn(-c3[c-]c(Oc4[c-]c5c(cc4)c4cc(-c6ccccc6)ccc4n5-c4cc(C(C)(C)C)ccn4)cc(C(C)(C)C)c3)c3cccc(c31)-c1ccccc1-c1ccccc1-2.[Pt+2]. The van der Waals surface area contributed by atoms with E-state index in [1.807, 2.05) is 67.8 Å². The number of nitrogens with zero attached hydrogens (tertiary/aromatic N) is 4. The number of aromatic nitrogens is 4. The van der Waals surface area contributed by atoms with E-state index in [0.717, 1.165) is 33.0 Å². The van der Waals surface area contributed by atoms with E-state index in [2.05, 4.69) is 69.3 Å². The van der Waals surface area contributed by atoms with Crippen LogP contribution >= 0.6 is 0 Å². The van der Waals surface area contributed by atoms with Gasteiger partial charge < -0.3 is 9.30 Å². The standard InChI is InChI=1S/C70H65N4O.Pt/c1-67(2,3)46-33-34-71-64(40-46)74-61-32-29-45(44-21-14-13-15-22-44)35-58(61)56-31-30-50(42-63(56)74)75-51-37-47(68(4,5)6)36-49(41-51)72-43-73-65-59(38-48(69(7,8)9)39-60(65)70(10,11)12)55-26-19-17-24-53(55)52-23-16-18-25-54(52)57-27-20-28-62(72)66(57)73;/h13-40,43H,1-12H3;/q-1;+2/i7D3,8D3,9D3,10D3,11D3,12D3,38D,39D;. The van der Waals surface area contributed by atoms with E-state index in [-0.39, 0.29) is 65.8 Å². The second-order valence-electron chi connectivity index (χ2n) is 21.5. The first-order chi connectivity index (χ1) is 44.1. The van der Waals surface area contributed by atoms with Crippen molar-refractivity contribution in [2.75, 3.05) is 0 Å². The van der Waals surface area contributed by atoms with Gasteiger partial charge in [-0.2, -0.15) is 10.6 Å². The molecule has 0 spiro atoms. The first-order valence-electron chi connectivity index (χ1n) is 34.8. The Bertz CT molecular complexity index is 4830. The summed E-state index contributed by atoms with van der Waals surface area (Å²) < 4.78 is 197. The first-order valence-corrected chi connectivity index (χ1v) is 24.8. The van der Waals surface area contributed by atoms with E-state index in [9.17, 15) is 15.1 Å². The van der Waals surface area contributed by atoms with Crippen molar-refractivity contribution in [2.45, 2.75) is 104 Å². The number of hydrogen-bond donors (Lipinski definition) is 0. The summed E-state index contributed by atoms with van der Waals surface area (Å²) in [5.41, 5.74) is -6.78. The molecule has 0 N–H and O–H groups in total. The summed E-state index contributed by atoms with van der Waals surface area (Å²) in [5.74, 6) is 1.09. The Labute approximate surface area is 491 Å². The average Bonchev–Trinajstić information content (AvgIpc) is 0.711. The summed E-state index contributed by atoms with van der Waals surface area (Å²) in [6, 6.07) is 50.0. The van der Waals surface area contributed by atoms with Crippen LogP contribution in [0, 0.1) is 12.1 Å². The zero-order chi connectivity index (χ0) is 69.1. The van der Waals surface area contributed by atoms with Crippen LogP contribution in [0.15, 0.2) is 176 Å². The van der Waals surface area contributed by atoms with Gasteiger partial charge >= 0.3 is 21.1 Å². The van der Waals surface area contributed by atoms with E-state index in [1.165, 1.54) is 23.0 Å². The van der Waals surface area contributed by atoms with Gasteiger partial charge in [0.25, 0.3) is 6.33 Å². The van der Waals surface area contributed by atoms with Crippen LogP contribution in [0.2, 0.25) is 0 Å². The van der Waals surface area contributed by atoms with Crippen molar-refractivity contribution in [2.24, 2.45) is 0 Å². The maximum atomic E-state index is 10.4. The molecule has 0 saturated carbocycles. The van der Waals surface area contributed by atoms with Crippen LogP contribution < -0.4 is 9.30 Å². The monoisotopic (exact) mass is 1190 g/mol. The number of fused-ring (bicyclic) bond motifs is 10. The summed E-state index contributed by atoms with van der Waals surface area (Å²) in [7, 11) is 0. The number of rotatable bonds is 5. The summed E-state index contributed by atoms with van der Waals surface area (Å²) in [4.78, 5) is 4.90. The van der Waals surface area contributed by atoms with Crippen LogP contribution in [0.3, 0.4) is 0 Å². The summed E-state index contributed by atoms with van der Waals surface area (Å²) >= 11 is 0. The molecule has 0 amide bonds. The zero-order valence-corrected chi connectivity index (χ0v) is 44.9. The molecule has 3 aromatic heterocycles. The normalized spacial score (nSPS) is 17.5. The third-order valence-electron chi connectivity index (χ3n) is 14.2. The van der Waals surface area contributed by atoms with Crippen LogP contribution in [0.5, 0.6) is 11.5 Å². The van der Waals surface area contributed by atoms with Crippen molar-refractivity contribution in [1.29, 1.82) is 0 Å². The molecule has 8 aromatic carbocycles. The van der Waals surface area contributed by atoms with Crippen molar-refractivity contribution in [3.05, 3.63) is 211 Å². The Kier molecular flexibility index (Phi) is 7.84. The van der Waals surface area contributed by atoms with Gasteiger partial charge in [0.2, 0.25) is 0 Å². The maximum Gasteiger partial charge on any atom is 2.00 e. The van der Waals surface area contributed by atoms with Crippen molar-refractivity contribution in [1.82, 2.24) is 14.1 Å². The van der Waals surface area contributed by atoms with Gasteiger partial charge in [0.1, 0.15) is 11.5 Å². The molecule has 0 saturated heterocycles. The predicted molar refractivity (Wildman–Crippen MR) is 311 cm³/mol. The first kappa shape index (κ1) is 32.3. The quantitative estimate of drug-likeness (QED) is 0.127. The molecule has 0 unspecified atom stereocenters. The Morgan fingerprint density at radius 3 is 1.87 bits per heavy atom. The molecule has 1 aliphatic heterocycles. The number of imidazole rings is 1. The molecule has 5 nitrogen and oxygen atoms in total. The van der Waals surface area contributed by atoms with Crippen molar-refractivity contribution in [3.8, 4) is 73.2 Å². The molecule has 0 bridgehead atoms. The van der Waals surface area contributed by atoms with Crippen LogP contribution in [0.25, 0.3) is 94.5 Å². The molecular weight excluding hydrogens is 1110 g/mol. The number of hydrogen-bond acceptors (Lipinski definition) is 2. The molecule has 380 valence electrons. The predicted octanol–water partition coefficient (Wildman–Crippen LogP) is 18.0. The Balaban J connectivity index is 0.00000936. The van der Waals surface area contributed by atoms with E-state index in [1.54, 1.807) is 71.4 Å². The van der Waals surface area contributed by atoms with Crippen molar-refractivity contribution >= 4 is 32.8 Å². The smallest absolute Gasteiger partial charge is 0.509 e. The van der Waals surface area contributed by atoms with E-state index < -0.39 is 91.8 Å². The maximum absolute atomic E-state index is 10.4. The second kappa shape index (κ2) is 18.5. The number of benzene rings is 8. The Hall–Kier alpha value is -7.33. The molecule has 12 rings (SSSR count). The van der Waals surface area contributed by atoms with Gasteiger partial charge in [-0.3, -0.25) is 0 Å². The van der Waals surface area contributed by atoms with Gasteiger partial charge in [-0.15, -0.1) is 35.2 Å². The molecule has 6 heteroatoms. The van der Waals surface area contributed by atoms with Crippen molar-refractivity contribution < 1.29 is 57.8 Å². The molecule has 0 atom stereocenters. The minimum absolute atomic E-state index is 0. The molecule has 11 aromatic rings. The second-order valence-corrected chi connectivity index (χ2v) is 21.5.